The molecular weight excluding hydrogens is 569 g/mol. The van der Waals surface area contributed by atoms with Gasteiger partial charge in [0.2, 0.25) is 0 Å². The van der Waals surface area contributed by atoms with E-state index in [0.29, 0.717) is 0 Å². The predicted molar refractivity (Wildman–Crippen MR) is 186 cm³/mol. The van der Waals surface area contributed by atoms with Gasteiger partial charge in [0.15, 0.2) is 0 Å². The van der Waals surface area contributed by atoms with E-state index in [1.807, 2.05) is 6.07 Å². The number of benzene rings is 7. The van der Waals surface area contributed by atoms with Gasteiger partial charge >= 0.3 is 0 Å². The van der Waals surface area contributed by atoms with Gasteiger partial charge in [-0.25, -0.2) is 0 Å². The van der Waals surface area contributed by atoms with Gasteiger partial charge in [0.25, 0.3) is 6.71 Å². The Balaban J connectivity index is 1.22. The maximum Gasteiger partial charge on any atom is 0.260 e. The van der Waals surface area contributed by atoms with Gasteiger partial charge in [0.05, 0.1) is 10.6 Å². The highest BCUT2D eigenvalue weighted by Crippen LogP contribution is 2.55. The monoisotopic (exact) mass is 593 g/mol. The van der Waals surface area contributed by atoms with Crippen LogP contribution >= 0.6 is 11.8 Å². The highest BCUT2D eigenvalue weighted by atomic mass is 32.2. The van der Waals surface area contributed by atoms with E-state index in [4.69, 9.17) is 9.47 Å². The van der Waals surface area contributed by atoms with Gasteiger partial charge in [-0.3, -0.25) is 0 Å². The van der Waals surface area contributed by atoms with Crippen LogP contribution in [0.25, 0.3) is 21.9 Å². The highest BCUT2D eigenvalue weighted by molar-refractivity contribution is 8.00. The Morgan fingerprint density at radius 2 is 1.18 bits per heavy atom. The van der Waals surface area contributed by atoms with Crippen molar-refractivity contribution < 1.29 is 9.47 Å². The highest BCUT2D eigenvalue weighted by Gasteiger charge is 2.42. The SMILES string of the molecule is c1ccc(N(c2ccccc2)c2ccc3c4c(cccc24)Sc2c-3cc3c4c2Oc2ccccc2B4c2ccccc2O3)cc1. The lowest BCUT2D eigenvalue weighted by molar-refractivity contribution is 0.457. The van der Waals surface area contributed by atoms with Crippen molar-refractivity contribution in [3.05, 3.63) is 146 Å². The number of rotatable bonds is 3. The molecule has 7 aromatic rings. The molecule has 3 aliphatic rings. The zero-order chi connectivity index (χ0) is 29.5. The van der Waals surface area contributed by atoms with Gasteiger partial charge in [0, 0.05) is 38.1 Å². The maximum absolute atomic E-state index is 6.82. The molecule has 3 aliphatic heterocycles. The summed E-state index contributed by atoms with van der Waals surface area (Å²) in [6, 6.07) is 51.5. The van der Waals surface area contributed by atoms with Crippen molar-refractivity contribution in [2.45, 2.75) is 9.79 Å². The zero-order valence-corrected chi connectivity index (χ0v) is 24.9. The standard InChI is InChI=1S/C40H24BNO2S/c1-3-12-25(13-4-1)42(26-14-5-2-6-15-26)32-23-22-27-29-24-35-38-39(40(29)45-36-21-11-16-28(32)37(27)36)44-34-20-10-8-18-31(34)41(38)30-17-7-9-19-33(30)43-35/h1-24H. The Bertz CT molecular complexity index is 2270. The number of fused-ring (bicyclic) bond motifs is 7. The van der Waals surface area contributed by atoms with E-state index >= 15 is 0 Å². The first kappa shape index (κ1) is 25.0. The predicted octanol–water partition coefficient (Wildman–Crippen LogP) is 9.17. The summed E-state index contributed by atoms with van der Waals surface area (Å²) >= 11 is 1.80. The molecule has 0 fully saturated rings. The second kappa shape index (κ2) is 9.56. The summed E-state index contributed by atoms with van der Waals surface area (Å²) in [7, 11) is 0. The third-order valence-corrected chi connectivity index (χ3v) is 10.3. The van der Waals surface area contributed by atoms with Crippen molar-refractivity contribution in [2.24, 2.45) is 0 Å². The van der Waals surface area contributed by atoms with Gasteiger partial charge in [-0.2, -0.15) is 0 Å². The van der Waals surface area contributed by atoms with Crippen molar-refractivity contribution in [3.63, 3.8) is 0 Å². The van der Waals surface area contributed by atoms with Crippen molar-refractivity contribution >= 4 is 62.7 Å². The van der Waals surface area contributed by atoms with E-state index < -0.39 is 0 Å². The first-order valence-electron chi connectivity index (χ1n) is 15.2. The number of nitrogens with zero attached hydrogens (tertiary/aromatic N) is 1. The van der Waals surface area contributed by atoms with E-state index in [0.717, 1.165) is 56.0 Å². The minimum Gasteiger partial charge on any atom is -0.458 e. The van der Waals surface area contributed by atoms with E-state index in [1.165, 1.54) is 32.2 Å². The summed E-state index contributed by atoms with van der Waals surface area (Å²) in [6.07, 6.45) is 0. The fraction of sp³-hybridized carbons (Fsp3) is 0. The molecule has 0 saturated carbocycles. The fourth-order valence-corrected chi connectivity index (χ4v) is 8.49. The van der Waals surface area contributed by atoms with Crippen LogP contribution in [0.5, 0.6) is 23.0 Å². The zero-order valence-electron chi connectivity index (χ0n) is 24.1. The van der Waals surface area contributed by atoms with Crippen molar-refractivity contribution in [3.8, 4) is 34.1 Å². The topological polar surface area (TPSA) is 21.7 Å². The van der Waals surface area contributed by atoms with Crippen molar-refractivity contribution in [1.82, 2.24) is 0 Å². The smallest absolute Gasteiger partial charge is 0.260 e. The van der Waals surface area contributed by atoms with E-state index in [9.17, 15) is 0 Å². The Morgan fingerprint density at radius 1 is 0.533 bits per heavy atom. The second-order valence-corrected chi connectivity index (χ2v) is 12.7. The molecule has 0 amide bonds. The number of para-hydroxylation sites is 4. The van der Waals surface area contributed by atoms with Gasteiger partial charge < -0.3 is 14.4 Å². The lowest BCUT2D eigenvalue weighted by Gasteiger charge is -2.36. The van der Waals surface area contributed by atoms with E-state index in [1.54, 1.807) is 11.8 Å². The molecule has 0 bridgehead atoms. The molecule has 0 N–H and O–H groups in total. The summed E-state index contributed by atoms with van der Waals surface area (Å²) in [4.78, 5) is 4.72. The Morgan fingerprint density at radius 3 is 1.89 bits per heavy atom. The van der Waals surface area contributed by atoms with E-state index in [2.05, 4.69) is 144 Å². The molecule has 5 heteroatoms. The van der Waals surface area contributed by atoms with Gasteiger partial charge in [-0.1, -0.05) is 103 Å². The minimum atomic E-state index is 0.0562. The lowest BCUT2D eigenvalue weighted by Crippen LogP contribution is -2.57. The molecule has 0 saturated heterocycles. The summed E-state index contributed by atoms with van der Waals surface area (Å²) in [5.41, 5.74) is 9.20. The Hall–Kier alpha value is -5.39. The van der Waals surface area contributed by atoms with Crippen LogP contribution in [0.15, 0.2) is 155 Å². The lowest BCUT2D eigenvalue weighted by atomic mass is 9.35. The number of hydrogen-bond acceptors (Lipinski definition) is 4. The van der Waals surface area contributed by atoms with Crippen LogP contribution in [0.2, 0.25) is 0 Å². The summed E-state index contributed by atoms with van der Waals surface area (Å²) in [6.45, 7) is 0.0562. The second-order valence-electron chi connectivity index (χ2n) is 11.6. The average Bonchev–Trinajstić information content (AvgIpc) is 3.10. The van der Waals surface area contributed by atoms with Gasteiger partial charge in [-0.05, 0) is 71.1 Å². The molecule has 3 heterocycles. The molecular formula is C40H24BNO2S. The molecule has 0 aliphatic carbocycles. The largest absolute Gasteiger partial charge is 0.458 e. The van der Waals surface area contributed by atoms with Crippen LogP contribution in [0, 0.1) is 0 Å². The summed E-state index contributed by atoms with van der Waals surface area (Å²) < 4.78 is 13.5. The van der Waals surface area contributed by atoms with E-state index in [-0.39, 0.29) is 6.71 Å². The number of ether oxygens (including phenoxy) is 2. The molecule has 10 rings (SSSR count). The number of anilines is 3. The van der Waals surface area contributed by atoms with Crippen LogP contribution in [-0.4, -0.2) is 6.71 Å². The Kier molecular flexibility index (Phi) is 5.31. The van der Waals surface area contributed by atoms with Crippen LogP contribution in [-0.2, 0) is 0 Å². The molecule has 0 unspecified atom stereocenters. The third kappa shape index (κ3) is 3.62. The quantitative estimate of drug-likeness (QED) is 0.191. The van der Waals surface area contributed by atoms with Gasteiger partial charge in [0.1, 0.15) is 23.0 Å². The molecule has 0 spiro atoms. The minimum absolute atomic E-state index is 0.0562. The Labute approximate surface area is 265 Å². The molecule has 7 aromatic carbocycles. The van der Waals surface area contributed by atoms with Gasteiger partial charge in [-0.15, -0.1) is 0 Å². The van der Waals surface area contributed by atoms with Crippen LogP contribution < -0.4 is 30.8 Å². The average molecular weight is 594 g/mol. The van der Waals surface area contributed by atoms with Crippen molar-refractivity contribution in [1.29, 1.82) is 0 Å². The maximum atomic E-state index is 6.82. The molecule has 3 nitrogen and oxygen atoms in total. The molecule has 0 aromatic heterocycles. The third-order valence-electron chi connectivity index (χ3n) is 9.17. The normalized spacial score (nSPS) is 13.1. The number of hydrogen-bond donors (Lipinski definition) is 0. The summed E-state index contributed by atoms with van der Waals surface area (Å²) in [5, 5.41) is 2.46. The first-order chi connectivity index (χ1) is 22.3. The summed E-state index contributed by atoms with van der Waals surface area (Å²) in [5.74, 6) is 3.60. The van der Waals surface area contributed by atoms with Crippen LogP contribution in [0.1, 0.15) is 0 Å². The molecule has 0 radical (unpaired) electrons. The first-order valence-corrected chi connectivity index (χ1v) is 16.0. The molecule has 210 valence electrons. The van der Waals surface area contributed by atoms with Crippen LogP contribution in [0.3, 0.4) is 0 Å². The van der Waals surface area contributed by atoms with Crippen molar-refractivity contribution in [2.75, 3.05) is 4.90 Å². The molecule has 45 heavy (non-hydrogen) atoms. The molecule has 0 atom stereocenters. The van der Waals surface area contributed by atoms with Crippen LogP contribution in [0.4, 0.5) is 17.1 Å². The fourth-order valence-electron chi connectivity index (χ4n) is 7.28.